The molecule has 0 unspecified atom stereocenters. The number of carbonyl (C=O) groups is 2. The number of halogens is 1. The minimum atomic E-state index is -0.234. The highest BCUT2D eigenvalue weighted by Gasteiger charge is 2.19. The maximum Gasteiger partial charge on any atom is 0.234 e. The fourth-order valence-electron chi connectivity index (χ4n) is 3.60. The van der Waals surface area contributed by atoms with Gasteiger partial charge in [-0.25, -0.2) is 14.4 Å². The zero-order valence-corrected chi connectivity index (χ0v) is 19.5. The van der Waals surface area contributed by atoms with E-state index in [4.69, 9.17) is 0 Å². The van der Waals surface area contributed by atoms with Crippen molar-refractivity contribution < 1.29 is 14.0 Å². The van der Waals surface area contributed by atoms with E-state index < -0.39 is 0 Å². The van der Waals surface area contributed by atoms with E-state index in [1.54, 1.807) is 36.4 Å². The predicted octanol–water partition coefficient (Wildman–Crippen LogP) is 3.63. The lowest BCUT2D eigenvalue weighted by atomic mass is 10.2. The van der Waals surface area contributed by atoms with Crippen LogP contribution in [0.5, 0.6) is 0 Å². The topological polar surface area (TPSA) is 90.5 Å². The first-order valence-electron chi connectivity index (χ1n) is 10.8. The number of hydrogen-bond acceptors (Lipinski definition) is 7. The molecule has 0 atom stereocenters. The first-order valence-corrected chi connectivity index (χ1v) is 11.8. The molecule has 1 aromatic heterocycles. The van der Waals surface area contributed by atoms with Crippen molar-refractivity contribution in [1.82, 2.24) is 9.97 Å². The molecule has 10 heteroatoms. The van der Waals surface area contributed by atoms with Crippen molar-refractivity contribution in [3.8, 4) is 0 Å². The molecule has 34 heavy (non-hydrogen) atoms. The van der Waals surface area contributed by atoms with E-state index in [0.29, 0.717) is 11.4 Å². The predicted molar refractivity (Wildman–Crippen MR) is 133 cm³/mol. The second-order valence-corrected chi connectivity index (χ2v) is 8.76. The zero-order valence-electron chi connectivity index (χ0n) is 18.7. The third-order valence-electron chi connectivity index (χ3n) is 5.26. The molecule has 0 spiro atoms. The third-order valence-corrected chi connectivity index (χ3v) is 6.19. The largest absolute Gasteiger partial charge is 0.368 e. The van der Waals surface area contributed by atoms with E-state index in [9.17, 15) is 14.0 Å². The molecule has 176 valence electrons. The standard InChI is InChI=1S/C24H25FN6O2S/c1-17(32)28-19-4-6-20(7-5-19)29-23(33)15-34-24-14-22(26-16-27-24)31-12-10-30(11-13-31)21-8-2-18(25)3-9-21/h2-9,14,16H,10-13,15H2,1H3,(H,28,32)(H,29,33). The van der Waals surface area contributed by atoms with Crippen LogP contribution in [0.3, 0.4) is 0 Å². The summed E-state index contributed by atoms with van der Waals surface area (Å²) in [4.78, 5) is 36.5. The Hall–Kier alpha value is -3.66. The number of nitrogens with one attached hydrogen (secondary N) is 2. The Labute approximate surface area is 201 Å². The smallest absolute Gasteiger partial charge is 0.234 e. The van der Waals surface area contributed by atoms with E-state index in [2.05, 4.69) is 30.4 Å². The molecule has 1 aliphatic rings. The first-order chi connectivity index (χ1) is 16.5. The number of hydrogen-bond donors (Lipinski definition) is 2. The van der Waals surface area contributed by atoms with Gasteiger partial charge in [0.15, 0.2) is 0 Å². The van der Waals surface area contributed by atoms with Crippen LogP contribution in [0, 0.1) is 5.82 Å². The number of nitrogens with zero attached hydrogens (tertiary/aromatic N) is 4. The van der Waals surface area contributed by atoms with E-state index >= 15 is 0 Å². The van der Waals surface area contributed by atoms with Crippen molar-refractivity contribution >= 4 is 46.5 Å². The van der Waals surface area contributed by atoms with Crippen molar-refractivity contribution in [2.75, 3.05) is 52.4 Å². The van der Waals surface area contributed by atoms with Crippen LogP contribution in [0.1, 0.15) is 6.92 Å². The second kappa shape index (κ2) is 11.0. The number of anilines is 4. The maximum atomic E-state index is 13.2. The van der Waals surface area contributed by atoms with Gasteiger partial charge in [-0.2, -0.15) is 0 Å². The molecule has 1 saturated heterocycles. The fraction of sp³-hybridized carbons (Fsp3) is 0.250. The molecule has 2 heterocycles. The van der Waals surface area contributed by atoms with Gasteiger partial charge in [-0.15, -0.1) is 0 Å². The van der Waals surface area contributed by atoms with Crippen LogP contribution in [0.2, 0.25) is 0 Å². The van der Waals surface area contributed by atoms with Crippen LogP contribution in [0.15, 0.2) is 66.0 Å². The van der Waals surface area contributed by atoms with Crippen molar-refractivity contribution in [2.45, 2.75) is 11.9 Å². The van der Waals surface area contributed by atoms with Crippen LogP contribution in [-0.2, 0) is 9.59 Å². The van der Waals surface area contributed by atoms with E-state index in [0.717, 1.165) is 42.7 Å². The van der Waals surface area contributed by atoms with Gasteiger partial charge in [-0.1, -0.05) is 11.8 Å². The highest BCUT2D eigenvalue weighted by molar-refractivity contribution is 7.99. The molecule has 0 aliphatic carbocycles. The molecule has 3 aromatic rings. The Morgan fingerprint density at radius 3 is 2.18 bits per heavy atom. The molecule has 2 aromatic carbocycles. The zero-order chi connectivity index (χ0) is 23.9. The van der Waals surface area contributed by atoms with Crippen LogP contribution in [0.4, 0.5) is 27.3 Å². The molecule has 1 aliphatic heterocycles. The number of aromatic nitrogens is 2. The van der Waals surface area contributed by atoms with Gasteiger partial charge in [-0.3, -0.25) is 9.59 Å². The Morgan fingerprint density at radius 1 is 0.912 bits per heavy atom. The number of benzene rings is 2. The molecule has 2 amide bonds. The van der Waals surface area contributed by atoms with E-state index in [-0.39, 0.29) is 23.4 Å². The van der Waals surface area contributed by atoms with Gasteiger partial charge in [0.25, 0.3) is 0 Å². The summed E-state index contributed by atoms with van der Waals surface area (Å²) < 4.78 is 13.2. The van der Waals surface area contributed by atoms with Gasteiger partial charge >= 0.3 is 0 Å². The molecule has 8 nitrogen and oxygen atoms in total. The summed E-state index contributed by atoms with van der Waals surface area (Å²) >= 11 is 1.34. The van der Waals surface area contributed by atoms with Gasteiger partial charge in [-0.05, 0) is 48.5 Å². The van der Waals surface area contributed by atoms with Crippen LogP contribution >= 0.6 is 11.8 Å². The SMILES string of the molecule is CC(=O)Nc1ccc(NC(=O)CSc2cc(N3CCN(c4ccc(F)cc4)CC3)ncn2)cc1. The van der Waals surface area contributed by atoms with Crippen molar-refractivity contribution in [3.63, 3.8) is 0 Å². The Balaban J connectivity index is 1.27. The van der Waals surface area contributed by atoms with Gasteiger partial charge < -0.3 is 20.4 Å². The molecular formula is C24H25FN6O2S. The van der Waals surface area contributed by atoms with Crippen molar-refractivity contribution in [1.29, 1.82) is 0 Å². The number of thioether (sulfide) groups is 1. The number of carbonyl (C=O) groups excluding carboxylic acids is 2. The first kappa shape index (κ1) is 23.5. The highest BCUT2D eigenvalue weighted by atomic mass is 32.2. The van der Waals surface area contributed by atoms with Gasteiger partial charge in [0, 0.05) is 56.2 Å². The molecule has 0 bridgehead atoms. The summed E-state index contributed by atoms with van der Waals surface area (Å²) in [6, 6.07) is 15.4. The van der Waals surface area contributed by atoms with E-state index in [1.165, 1.54) is 37.1 Å². The quantitative estimate of drug-likeness (QED) is 0.394. The number of rotatable bonds is 7. The van der Waals surface area contributed by atoms with Crippen molar-refractivity contribution in [2.24, 2.45) is 0 Å². The lowest BCUT2D eigenvalue weighted by Crippen LogP contribution is -2.46. The van der Waals surface area contributed by atoms with Crippen LogP contribution < -0.4 is 20.4 Å². The van der Waals surface area contributed by atoms with Gasteiger partial charge in [0.2, 0.25) is 11.8 Å². The summed E-state index contributed by atoms with van der Waals surface area (Å²) in [5.74, 6) is 0.507. The molecule has 0 saturated carbocycles. The summed E-state index contributed by atoms with van der Waals surface area (Å²) in [6.07, 6.45) is 1.52. The second-order valence-electron chi connectivity index (χ2n) is 7.76. The Kier molecular flexibility index (Phi) is 7.58. The molecule has 1 fully saturated rings. The number of amides is 2. The minimum absolute atomic E-state index is 0.146. The fourth-order valence-corrected chi connectivity index (χ4v) is 4.27. The maximum absolute atomic E-state index is 13.2. The summed E-state index contributed by atoms with van der Waals surface area (Å²) in [5, 5.41) is 6.25. The lowest BCUT2D eigenvalue weighted by molar-refractivity contribution is -0.114. The van der Waals surface area contributed by atoms with E-state index in [1.807, 2.05) is 6.07 Å². The van der Waals surface area contributed by atoms with Gasteiger partial charge in [0.1, 0.15) is 23.0 Å². The summed E-state index contributed by atoms with van der Waals surface area (Å²) in [6.45, 7) is 4.63. The summed E-state index contributed by atoms with van der Waals surface area (Å²) in [5.41, 5.74) is 2.34. The van der Waals surface area contributed by atoms with Gasteiger partial charge in [0.05, 0.1) is 5.75 Å². The highest BCUT2D eigenvalue weighted by Crippen LogP contribution is 2.23. The number of piperazine rings is 1. The summed E-state index contributed by atoms with van der Waals surface area (Å²) in [7, 11) is 0. The Bertz CT molecular complexity index is 1130. The molecule has 0 radical (unpaired) electrons. The van der Waals surface area contributed by atoms with Crippen LogP contribution in [0.25, 0.3) is 0 Å². The third kappa shape index (κ3) is 6.44. The normalized spacial score (nSPS) is 13.5. The minimum Gasteiger partial charge on any atom is -0.368 e. The monoisotopic (exact) mass is 480 g/mol. The van der Waals surface area contributed by atoms with Crippen molar-refractivity contribution in [3.05, 3.63) is 66.7 Å². The average Bonchev–Trinajstić information content (AvgIpc) is 2.84. The molecular weight excluding hydrogens is 455 g/mol. The Morgan fingerprint density at radius 2 is 1.53 bits per heavy atom. The molecule has 2 N–H and O–H groups in total. The molecule has 4 rings (SSSR count). The van der Waals surface area contributed by atoms with Crippen LogP contribution in [-0.4, -0.2) is 53.7 Å². The average molecular weight is 481 g/mol. The lowest BCUT2D eigenvalue weighted by Gasteiger charge is -2.36.